The third-order valence-electron chi connectivity index (χ3n) is 3.17. The van der Waals surface area contributed by atoms with Gasteiger partial charge in [0.15, 0.2) is 0 Å². The molecule has 0 spiro atoms. The number of fused-ring (bicyclic) bond motifs is 1. The molecule has 0 amide bonds. The van der Waals surface area contributed by atoms with Crippen molar-refractivity contribution in [2.75, 3.05) is 13.2 Å². The van der Waals surface area contributed by atoms with Gasteiger partial charge in [0.2, 0.25) is 5.88 Å². The summed E-state index contributed by atoms with van der Waals surface area (Å²) in [6.45, 7) is 0.874. The molecule has 0 bridgehead atoms. The molecule has 8 nitrogen and oxygen atoms in total. The van der Waals surface area contributed by atoms with E-state index in [0.29, 0.717) is 24.8 Å². The summed E-state index contributed by atoms with van der Waals surface area (Å²) in [4.78, 5) is 15.5. The van der Waals surface area contributed by atoms with Crippen LogP contribution < -0.4 is 9.47 Å². The van der Waals surface area contributed by atoms with Crippen molar-refractivity contribution in [2.45, 2.75) is 6.54 Å². The molecule has 3 rings (SSSR count). The molecule has 0 fully saturated rings. The highest BCUT2D eigenvalue weighted by Gasteiger charge is 2.02. The second-order valence-electron chi connectivity index (χ2n) is 4.96. The molecule has 126 valence electrons. The van der Waals surface area contributed by atoms with Crippen molar-refractivity contribution >= 4 is 27.0 Å². The number of nitrogens with zero attached hydrogens (tertiary/aromatic N) is 6. The predicted octanol–water partition coefficient (Wildman–Crippen LogP) is 4.06. The van der Waals surface area contributed by atoms with Gasteiger partial charge in [-0.3, -0.25) is 4.98 Å². The Bertz CT molecular complexity index is 929. The average molecular weight is 401 g/mol. The first-order valence-corrected chi connectivity index (χ1v) is 8.16. The zero-order valence-corrected chi connectivity index (χ0v) is 14.6. The highest BCUT2D eigenvalue weighted by Crippen LogP contribution is 2.18. The van der Waals surface area contributed by atoms with Crippen LogP contribution >= 0.6 is 15.9 Å². The van der Waals surface area contributed by atoms with Gasteiger partial charge < -0.3 is 9.47 Å². The van der Waals surface area contributed by atoms with Crippen molar-refractivity contribution in [3.05, 3.63) is 63.3 Å². The van der Waals surface area contributed by atoms with Crippen LogP contribution in [0.4, 0.5) is 0 Å². The maximum atomic E-state index is 8.34. The number of hydrogen-bond acceptors (Lipinski definition) is 6. The monoisotopic (exact) mass is 400 g/mol. The largest absolute Gasteiger partial charge is 0.488 e. The first-order chi connectivity index (χ1) is 12.2. The van der Waals surface area contributed by atoms with Gasteiger partial charge in [0.05, 0.1) is 30.0 Å². The summed E-state index contributed by atoms with van der Waals surface area (Å²) < 4.78 is 12.1. The van der Waals surface area contributed by atoms with Crippen molar-refractivity contribution in [1.29, 1.82) is 0 Å². The SMILES string of the molecule is [N-]=[N+]=NCc1cncc(OCCOc2cnc3ccc(Br)cc3n2)c1. The van der Waals surface area contributed by atoms with Crippen LogP contribution in [-0.4, -0.2) is 28.2 Å². The lowest BCUT2D eigenvalue weighted by molar-refractivity contribution is 0.211. The molecular formula is C16H13BrN6O2. The Morgan fingerprint density at radius 1 is 1.08 bits per heavy atom. The summed E-state index contributed by atoms with van der Waals surface area (Å²) in [5, 5.41) is 3.49. The second kappa shape index (κ2) is 8.27. The summed E-state index contributed by atoms with van der Waals surface area (Å²) >= 11 is 3.41. The molecule has 0 unspecified atom stereocenters. The first kappa shape index (κ1) is 16.9. The molecule has 0 saturated heterocycles. The van der Waals surface area contributed by atoms with Crippen molar-refractivity contribution in [2.24, 2.45) is 5.11 Å². The Morgan fingerprint density at radius 2 is 1.96 bits per heavy atom. The van der Waals surface area contributed by atoms with Crippen LogP contribution in [0.25, 0.3) is 21.5 Å². The van der Waals surface area contributed by atoms with Crippen LogP contribution in [0.5, 0.6) is 11.6 Å². The van der Waals surface area contributed by atoms with Gasteiger partial charge in [-0.25, -0.2) is 9.97 Å². The standard InChI is InChI=1S/C16H13BrN6O2/c17-12-1-2-14-15(6-12)22-16(10-20-14)25-4-3-24-13-5-11(7-19-9-13)8-21-23-18/h1-2,5-7,9-10H,3-4,8H2. The fraction of sp³-hybridized carbons (Fsp3) is 0.188. The number of azide groups is 1. The Morgan fingerprint density at radius 3 is 2.84 bits per heavy atom. The fourth-order valence-corrected chi connectivity index (χ4v) is 2.43. The lowest BCUT2D eigenvalue weighted by Gasteiger charge is -2.08. The van der Waals surface area contributed by atoms with E-state index < -0.39 is 0 Å². The van der Waals surface area contributed by atoms with Crippen molar-refractivity contribution < 1.29 is 9.47 Å². The van der Waals surface area contributed by atoms with Gasteiger partial charge in [0, 0.05) is 15.6 Å². The maximum Gasteiger partial charge on any atom is 0.233 e. The Kier molecular flexibility index (Phi) is 5.61. The number of benzene rings is 1. The smallest absolute Gasteiger partial charge is 0.233 e. The summed E-state index contributed by atoms with van der Waals surface area (Å²) in [5.74, 6) is 1.02. The topological polar surface area (TPSA) is 106 Å². The summed E-state index contributed by atoms with van der Waals surface area (Å²) in [7, 11) is 0. The fourth-order valence-electron chi connectivity index (χ4n) is 2.09. The predicted molar refractivity (Wildman–Crippen MR) is 95.3 cm³/mol. The third-order valence-corrected chi connectivity index (χ3v) is 3.66. The molecule has 9 heteroatoms. The number of halogens is 1. The minimum absolute atomic E-state index is 0.236. The van der Waals surface area contributed by atoms with Gasteiger partial charge in [-0.05, 0) is 35.4 Å². The van der Waals surface area contributed by atoms with Crippen LogP contribution in [-0.2, 0) is 6.54 Å². The Labute approximate surface area is 151 Å². The van der Waals surface area contributed by atoms with Crippen molar-refractivity contribution in [3.8, 4) is 11.6 Å². The van der Waals surface area contributed by atoms with E-state index in [1.165, 1.54) is 0 Å². The zero-order valence-electron chi connectivity index (χ0n) is 13.0. The van der Waals surface area contributed by atoms with Gasteiger partial charge in [0.1, 0.15) is 19.0 Å². The number of ether oxygens (including phenoxy) is 2. The van der Waals surface area contributed by atoms with E-state index in [-0.39, 0.29) is 6.54 Å². The number of pyridine rings is 1. The highest BCUT2D eigenvalue weighted by atomic mass is 79.9. The number of hydrogen-bond donors (Lipinski definition) is 0. The normalized spacial score (nSPS) is 10.3. The highest BCUT2D eigenvalue weighted by molar-refractivity contribution is 9.10. The molecular weight excluding hydrogens is 388 g/mol. The molecule has 25 heavy (non-hydrogen) atoms. The molecule has 1 aromatic carbocycles. The number of aromatic nitrogens is 3. The molecule has 0 saturated carbocycles. The quantitative estimate of drug-likeness (QED) is 0.257. The van der Waals surface area contributed by atoms with Gasteiger partial charge in [0.25, 0.3) is 0 Å². The molecule has 0 radical (unpaired) electrons. The molecule has 2 aromatic heterocycles. The van der Waals surface area contributed by atoms with Crippen molar-refractivity contribution in [3.63, 3.8) is 0 Å². The summed E-state index contributed by atoms with van der Waals surface area (Å²) in [6.07, 6.45) is 4.80. The third kappa shape index (κ3) is 4.79. The van der Waals surface area contributed by atoms with E-state index in [4.69, 9.17) is 15.0 Å². The molecule has 2 heterocycles. The average Bonchev–Trinajstić information content (AvgIpc) is 2.63. The molecule has 0 atom stereocenters. The van der Waals surface area contributed by atoms with E-state index in [1.807, 2.05) is 18.2 Å². The Balaban J connectivity index is 1.54. The molecule has 0 N–H and O–H groups in total. The van der Waals surface area contributed by atoms with Gasteiger partial charge in [-0.1, -0.05) is 21.0 Å². The van der Waals surface area contributed by atoms with E-state index in [9.17, 15) is 0 Å². The Hall–Kier alpha value is -2.90. The van der Waals surface area contributed by atoms with Crippen LogP contribution in [0.15, 0.2) is 52.4 Å². The van der Waals surface area contributed by atoms with E-state index in [2.05, 4.69) is 40.9 Å². The number of rotatable bonds is 7. The second-order valence-corrected chi connectivity index (χ2v) is 5.87. The van der Waals surface area contributed by atoms with Crippen LogP contribution in [0, 0.1) is 0 Å². The van der Waals surface area contributed by atoms with Gasteiger partial charge in [-0.15, -0.1) is 0 Å². The first-order valence-electron chi connectivity index (χ1n) is 7.37. The summed E-state index contributed by atoms with van der Waals surface area (Å²) in [6, 6.07) is 7.45. The van der Waals surface area contributed by atoms with Crippen molar-refractivity contribution in [1.82, 2.24) is 15.0 Å². The van der Waals surface area contributed by atoms with E-state index in [0.717, 1.165) is 21.1 Å². The zero-order chi connectivity index (χ0) is 17.5. The van der Waals surface area contributed by atoms with Gasteiger partial charge in [-0.2, -0.15) is 0 Å². The molecule has 0 aliphatic rings. The minimum Gasteiger partial charge on any atom is -0.488 e. The maximum absolute atomic E-state index is 8.34. The van der Waals surface area contributed by atoms with Crippen LogP contribution in [0.2, 0.25) is 0 Å². The summed E-state index contributed by atoms with van der Waals surface area (Å²) in [5.41, 5.74) is 10.7. The lowest BCUT2D eigenvalue weighted by atomic mass is 10.3. The molecule has 3 aromatic rings. The van der Waals surface area contributed by atoms with Crippen LogP contribution in [0.1, 0.15) is 5.56 Å². The van der Waals surface area contributed by atoms with Crippen LogP contribution in [0.3, 0.4) is 0 Å². The van der Waals surface area contributed by atoms with E-state index >= 15 is 0 Å². The molecule has 0 aliphatic heterocycles. The van der Waals surface area contributed by atoms with E-state index in [1.54, 1.807) is 24.7 Å². The molecule has 0 aliphatic carbocycles. The van der Waals surface area contributed by atoms with Gasteiger partial charge >= 0.3 is 0 Å². The minimum atomic E-state index is 0.236. The lowest BCUT2D eigenvalue weighted by Crippen LogP contribution is -2.10.